The number of carbonyl (C=O) groups excluding carboxylic acids is 1. The van der Waals surface area contributed by atoms with E-state index in [0.29, 0.717) is 6.54 Å². The van der Waals surface area contributed by atoms with Crippen LogP contribution in [0.25, 0.3) is 0 Å². The molecule has 0 aliphatic carbocycles. The number of Topliss-reactive ketones (excluding diaryl/α,β-unsaturated/α-hetero) is 1. The van der Waals surface area contributed by atoms with Crippen LogP contribution >= 0.6 is 27.3 Å². The van der Waals surface area contributed by atoms with Gasteiger partial charge < -0.3 is 5.73 Å². The third kappa shape index (κ3) is 2.39. The van der Waals surface area contributed by atoms with E-state index >= 15 is 0 Å². The van der Waals surface area contributed by atoms with E-state index in [1.54, 1.807) is 0 Å². The van der Waals surface area contributed by atoms with Gasteiger partial charge in [-0.25, -0.2) is 0 Å². The predicted octanol–water partition coefficient (Wildman–Crippen LogP) is 2.68. The zero-order valence-corrected chi connectivity index (χ0v) is 10.0. The maximum atomic E-state index is 11.8. The second-order valence-electron chi connectivity index (χ2n) is 3.52. The highest BCUT2D eigenvalue weighted by atomic mass is 79.9. The van der Waals surface area contributed by atoms with E-state index in [1.165, 1.54) is 11.3 Å². The summed E-state index contributed by atoms with van der Waals surface area (Å²) in [5.74, 6) is 0.116. The molecular formula is C9H12BrNOS. The standard InChI is InChI=1S/C9H12BrNOS/c1-9(2,5-11)8(12)6-3-4-7(10)13-6/h3-4H,5,11H2,1-2H3. The van der Waals surface area contributed by atoms with E-state index in [1.807, 2.05) is 26.0 Å². The normalized spacial score (nSPS) is 11.7. The largest absolute Gasteiger partial charge is 0.329 e. The number of hydrogen-bond acceptors (Lipinski definition) is 3. The van der Waals surface area contributed by atoms with Gasteiger partial charge in [-0.15, -0.1) is 11.3 Å². The summed E-state index contributed by atoms with van der Waals surface area (Å²) in [4.78, 5) is 12.6. The molecule has 0 spiro atoms. The molecule has 0 aliphatic rings. The van der Waals surface area contributed by atoms with E-state index in [2.05, 4.69) is 15.9 Å². The first-order chi connectivity index (χ1) is 5.97. The highest BCUT2D eigenvalue weighted by Crippen LogP contribution is 2.28. The molecule has 0 radical (unpaired) electrons. The molecule has 0 aliphatic heterocycles. The van der Waals surface area contributed by atoms with Crippen molar-refractivity contribution in [3.63, 3.8) is 0 Å². The lowest BCUT2D eigenvalue weighted by Gasteiger charge is -2.19. The second-order valence-corrected chi connectivity index (χ2v) is 5.98. The predicted molar refractivity (Wildman–Crippen MR) is 59.2 cm³/mol. The smallest absolute Gasteiger partial charge is 0.179 e. The van der Waals surface area contributed by atoms with Crippen LogP contribution in [0.5, 0.6) is 0 Å². The molecule has 0 saturated heterocycles. The summed E-state index contributed by atoms with van der Waals surface area (Å²) in [6.07, 6.45) is 0. The average Bonchev–Trinajstić information content (AvgIpc) is 2.50. The monoisotopic (exact) mass is 261 g/mol. The number of hydrogen-bond donors (Lipinski definition) is 1. The molecule has 1 aromatic heterocycles. The summed E-state index contributed by atoms with van der Waals surface area (Å²) in [6, 6.07) is 3.71. The summed E-state index contributed by atoms with van der Waals surface area (Å²) >= 11 is 4.77. The van der Waals surface area contributed by atoms with Crippen molar-refractivity contribution in [1.82, 2.24) is 0 Å². The zero-order chi connectivity index (χ0) is 10.1. The Morgan fingerprint density at radius 2 is 2.23 bits per heavy atom. The number of thiophene rings is 1. The lowest BCUT2D eigenvalue weighted by atomic mass is 9.87. The van der Waals surface area contributed by atoms with E-state index in [4.69, 9.17) is 5.73 Å². The molecule has 0 atom stereocenters. The third-order valence-electron chi connectivity index (χ3n) is 1.92. The quantitative estimate of drug-likeness (QED) is 0.851. The molecule has 13 heavy (non-hydrogen) atoms. The Hall–Kier alpha value is -0.190. The Morgan fingerprint density at radius 1 is 1.62 bits per heavy atom. The molecule has 4 heteroatoms. The molecule has 0 amide bonds. The minimum Gasteiger partial charge on any atom is -0.329 e. The summed E-state index contributed by atoms with van der Waals surface area (Å²) in [5.41, 5.74) is 5.07. The third-order valence-corrected chi connectivity index (χ3v) is 3.54. The van der Waals surface area contributed by atoms with Crippen LogP contribution in [-0.2, 0) is 0 Å². The van der Waals surface area contributed by atoms with Crippen molar-refractivity contribution in [2.75, 3.05) is 6.54 Å². The van der Waals surface area contributed by atoms with Gasteiger partial charge in [0.1, 0.15) is 0 Å². The number of halogens is 1. The van der Waals surface area contributed by atoms with Gasteiger partial charge in [0.05, 0.1) is 8.66 Å². The van der Waals surface area contributed by atoms with Gasteiger partial charge in [0, 0.05) is 12.0 Å². The van der Waals surface area contributed by atoms with Crippen molar-refractivity contribution >= 4 is 33.0 Å². The van der Waals surface area contributed by atoms with Crippen LogP contribution in [0.3, 0.4) is 0 Å². The highest BCUT2D eigenvalue weighted by Gasteiger charge is 2.27. The van der Waals surface area contributed by atoms with Crippen LogP contribution in [-0.4, -0.2) is 12.3 Å². The fourth-order valence-electron chi connectivity index (χ4n) is 0.863. The highest BCUT2D eigenvalue weighted by molar-refractivity contribution is 9.11. The Bertz CT molecular complexity index is 319. The zero-order valence-electron chi connectivity index (χ0n) is 7.63. The van der Waals surface area contributed by atoms with Crippen LogP contribution < -0.4 is 5.73 Å². The van der Waals surface area contributed by atoms with Crippen molar-refractivity contribution in [3.05, 3.63) is 20.8 Å². The molecule has 1 heterocycles. The first-order valence-corrected chi connectivity index (χ1v) is 5.58. The average molecular weight is 262 g/mol. The van der Waals surface area contributed by atoms with Crippen LogP contribution in [0, 0.1) is 5.41 Å². The van der Waals surface area contributed by atoms with Gasteiger partial charge in [0.15, 0.2) is 5.78 Å². The topological polar surface area (TPSA) is 43.1 Å². The first kappa shape index (κ1) is 10.9. The van der Waals surface area contributed by atoms with E-state index < -0.39 is 5.41 Å². The van der Waals surface area contributed by atoms with Crippen molar-refractivity contribution in [2.24, 2.45) is 11.1 Å². The first-order valence-electron chi connectivity index (χ1n) is 3.97. The lowest BCUT2D eigenvalue weighted by Crippen LogP contribution is -2.32. The SMILES string of the molecule is CC(C)(CN)C(=O)c1ccc(Br)s1. The molecule has 0 fully saturated rings. The molecule has 2 nitrogen and oxygen atoms in total. The van der Waals surface area contributed by atoms with Crippen molar-refractivity contribution in [3.8, 4) is 0 Å². The molecule has 0 aromatic carbocycles. The fourth-order valence-corrected chi connectivity index (χ4v) is 2.37. The van der Waals surface area contributed by atoms with E-state index in [-0.39, 0.29) is 5.78 Å². The molecule has 1 rings (SSSR count). The van der Waals surface area contributed by atoms with Gasteiger partial charge in [0.2, 0.25) is 0 Å². The minimum absolute atomic E-state index is 0.116. The molecule has 1 aromatic rings. The number of rotatable bonds is 3. The summed E-state index contributed by atoms with van der Waals surface area (Å²) in [5, 5.41) is 0. The second kappa shape index (κ2) is 3.90. The van der Waals surface area contributed by atoms with Crippen molar-refractivity contribution in [2.45, 2.75) is 13.8 Å². The summed E-state index contributed by atoms with van der Waals surface area (Å²) in [6.45, 7) is 4.10. The van der Waals surface area contributed by atoms with Gasteiger partial charge in [-0.3, -0.25) is 4.79 Å². The molecular weight excluding hydrogens is 250 g/mol. The van der Waals surface area contributed by atoms with Gasteiger partial charge in [-0.2, -0.15) is 0 Å². The van der Waals surface area contributed by atoms with Crippen molar-refractivity contribution < 1.29 is 4.79 Å². The molecule has 0 saturated carbocycles. The van der Waals surface area contributed by atoms with Crippen LogP contribution in [0.1, 0.15) is 23.5 Å². The van der Waals surface area contributed by atoms with Gasteiger partial charge in [0.25, 0.3) is 0 Å². The Labute approximate surface area is 90.3 Å². The summed E-state index contributed by atoms with van der Waals surface area (Å²) in [7, 11) is 0. The minimum atomic E-state index is -0.454. The summed E-state index contributed by atoms with van der Waals surface area (Å²) < 4.78 is 0.976. The van der Waals surface area contributed by atoms with Crippen LogP contribution in [0.4, 0.5) is 0 Å². The molecule has 2 N–H and O–H groups in total. The van der Waals surface area contributed by atoms with E-state index in [0.717, 1.165) is 8.66 Å². The van der Waals surface area contributed by atoms with Crippen LogP contribution in [0.2, 0.25) is 0 Å². The van der Waals surface area contributed by atoms with Gasteiger partial charge >= 0.3 is 0 Å². The van der Waals surface area contributed by atoms with Crippen LogP contribution in [0.15, 0.2) is 15.9 Å². The van der Waals surface area contributed by atoms with E-state index in [9.17, 15) is 4.79 Å². The maximum Gasteiger partial charge on any atom is 0.179 e. The Balaban J connectivity index is 2.91. The maximum absolute atomic E-state index is 11.8. The fraction of sp³-hybridized carbons (Fsp3) is 0.444. The van der Waals surface area contributed by atoms with Crippen molar-refractivity contribution in [1.29, 1.82) is 0 Å². The van der Waals surface area contributed by atoms with Gasteiger partial charge in [-0.1, -0.05) is 13.8 Å². The molecule has 0 bridgehead atoms. The molecule has 72 valence electrons. The van der Waals surface area contributed by atoms with Gasteiger partial charge in [-0.05, 0) is 28.1 Å². The molecule has 0 unspecified atom stereocenters. The number of nitrogens with two attached hydrogens (primary N) is 1. The Kier molecular flexibility index (Phi) is 3.27. The number of ketones is 1. The Morgan fingerprint density at radius 3 is 2.62 bits per heavy atom. The number of carbonyl (C=O) groups is 1. The lowest BCUT2D eigenvalue weighted by molar-refractivity contribution is 0.0852.